The molecular formula is C18H30N4O3. The van der Waals surface area contributed by atoms with Crippen molar-refractivity contribution in [2.24, 2.45) is 0 Å². The minimum Gasteiger partial charge on any atom is -0.322 e. The first kappa shape index (κ1) is 18.2. The normalized spacial score (nSPS) is 26.8. The largest absolute Gasteiger partial charge is 0.344 e. The Kier molecular flexibility index (Phi) is 5.61. The molecular weight excluding hydrogens is 320 g/mol. The van der Waals surface area contributed by atoms with Gasteiger partial charge in [-0.15, -0.1) is 0 Å². The summed E-state index contributed by atoms with van der Waals surface area (Å²) in [6.45, 7) is 3.89. The molecule has 3 rings (SSSR count). The SMILES string of the molecule is CCC1CCCCN1CCC(=O)NN1C(=O)NC2(CCCCC2)C1=O. The highest BCUT2D eigenvalue weighted by Gasteiger charge is 2.52. The van der Waals surface area contributed by atoms with E-state index in [0.29, 0.717) is 31.8 Å². The first-order valence-electron chi connectivity index (χ1n) is 9.76. The third kappa shape index (κ3) is 3.81. The van der Waals surface area contributed by atoms with E-state index in [9.17, 15) is 14.4 Å². The van der Waals surface area contributed by atoms with Gasteiger partial charge in [-0.3, -0.25) is 19.9 Å². The van der Waals surface area contributed by atoms with Crippen LogP contribution in [0.4, 0.5) is 4.79 Å². The fourth-order valence-electron chi connectivity index (χ4n) is 4.46. The Balaban J connectivity index is 1.52. The highest BCUT2D eigenvalue weighted by molar-refractivity contribution is 6.07. The summed E-state index contributed by atoms with van der Waals surface area (Å²) < 4.78 is 0. The van der Waals surface area contributed by atoms with Gasteiger partial charge in [0, 0.05) is 19.0 Å². The maximum Gasteiger partial charge on any atom is 0.344 e. The van der Waals surface area contributed by atoms with Gasteiger partial charge in [0.1, 0.15) is 5.54 Å². The second kappa shape index (κ2) is 7.72. The molecule has 1 unspecified atom stereocenters. The lowest BCUT2D eigenvalue weighted by atomic mass is 9.82. The van der Waals surface area contributed by atoms with E-state index in [2.05, 4.69) is 22.6 Å². The van der Waals surface area contributed by atoms with E-state index >= 15 is 0 Å². The van der Waals surface area contributed by atoms with Crippen LogP contribution < -0.4 is 10.7 Å². The van der Waals surface area contributed by atoms with Crippen LogP contribution in [-0.2, 0) is 9.59 Å². The number of hydrazine groups is 1. The molecule has 2 N–H and O–H groups in total. The number of likely N-dealkylation sites (tertiary alicyclic amines) is 1. The van der Waals surface area contributed by atoms with Crippen LogP contribution in [0.2, 0.25) is 0 Å². The van der Waals surface area contributed by atoms with E-state index in [4.69, 9.17) is 0 Å². The summed E-state index contributed by atoms with van der Waals surface area (Å²) in [5.74, 6) is -0.563. The Morgan fingerprint density at radius 3 is 2.68 bits per heavy atom. The fourth-order valence-corrected chi connectivity index (χ4v) is 4.46. The predicted molar refractivity (Wildman–Crippen MR) is 93.5 cm³/mol. The van der Waals surface area contributed by atoms with Crippen molar-refractivity contribution in [1.82, 2.24) is 20.7 Å². The summed E-state index contributed by atoms with van der Waals surface area (Å²) in [5.41, 5.74) is 1.74. The van der Waals surface area contributed by atoms with Crippen LogP contribution in [-0.4, -0.2) is 52.4 Å². The number of imide groups is 1. The minimum atomic E-state index is -0.789. The van der Waals surface area contributed by atoms with Crippen LogP contribution in [0.15, 0.2) is 0 Å². The lowest BCUT2D eigenvalue weighted by Crippen LogP contribution is -2.51. The van der Waals surface area contributed by atoms with Crippen molar-refractivity contribution in [2.75, 3.05) is 13.1 Å². The monoisotopic (exact) mass is 350 g/mol. The topological polar surface area (TPSA) is 81.8 Å². The van der Waals surface area contributed by atoms with Crippen molar-refractivity contribution < 1.29 is 14.4 Å². The van der Waals surface area contributed by atoms with E-state index < -0.39 is 11.6 Å². The molecule has 25 heavy (non-hydrogen) atoms. The average Bonchev–Trinajstić information content (AvgIpc) is 2.85. The first-order chi connectivity index (χ1) is 12.1. The van der Waals surface area contributed by atoms with Crippen molar-refractivity contribution >= 4 is 17.8 Å². The minimum absolute atomic E-state index is 0.267. The van der Waals surface area contributed by atoms with Crippen LogP contribution in [0.5, 0.6) is 0 Å². The summed E-state index contributed by atoms with van der Waals surface area (Å²) in [4.78, 5) is 39.5. The molecule has 140 valence electrons. The molecule has 1 atom stereocenters. The van der Waals surface area contributed by atoms with Crippen LogP contribution in [0.1, 0.15) is 71.1 Å². The van der Waals surface area contributed by atoms with Crippen LogP contribution in [0.3, 0.4) is 0 Å². The molecule has 2 aliphatic heterocycles. The van der Waals surface area contributed by atoms with Gasteiger partial charge in [-0.2, -0.15) is 5.01 Å². The van der Waals surface area contributed by atoms with E-state index in [-0.39, 0.29) is 11.8 Å². The molecule has 1 aliphatic carbocycles. The number of carbonyl (C=O) groups excluding carboxylic acids is 3. The van der Waals surface area contributed by atoms with Crippen molar-refractivity contribution in [1.29, 1.82) is 0 Å². The van der Waals surface area contributed by atoms with Gasteiger partial charge in [0.25, 0.3) is 5.91 Å². The van der Waals surface area contributed by atoms with E-state index in [1.165, 1.54) is 19.3 Å². The molecule has 3 fully saturated rings. The van der Waals surface area contributed by atoms with Gasteiger partial charge in [0.15, 0.2) is 0 Å². The van der Waals surface area contributed by atoms with Crippen molar-refractivity contribution in [3.8, 4) is 0 Å². The highest BCUT2D eigenvalue weighted by atomic mass is 16.2. The Morgan fingerprint density at radius 2 is 1.96 bits per heavy atom. The van der Waals surface area contributed by atoms with E-state index in [1.807, 2.05) is 0 Å². The van der Waals surface area contributed by atoms with Gasteiger partial charge in [0.05, 0.1) is 0 Å². The summed E-state index contributed by atoms with van der Waals surface area (Å²) in [5, 5.41) is 3.71. The number of hydrogen-bond acceptors (Lipinski definition) is 4. The van der Waals surface area contributed by atoms with Crippen LogP contribution in [0.25, 0.3) is 0 Å². The van der Waals surface area contributed by atoms with Gasteiger partial charge < -0.3 is 5.32 Å². The number of urea groups is 1. The third-order valence-corrected chi connectivity index (χ3v) is 5.95. The number of amides is 4. The summed E-state index contributed by atoms with van der Waals surface area (Å²) in [7, 11) is 0. The van der Waals surface area contributed by atoms with Gasteiger partial charge in [0.2, 0.25) is 5.91 Å². The number of nitrogens with zero attached hydrogens (tertiary/aromatic N) is 2. The summed E-state index contributed by atoms with van der Waals surface area (Å²) in [6.07, 6.45) is 9.30. The Bertz CT molecular complexity index is 530. The Hall–Kier alpha value is -1.63. The second-order valence-corrected chi connectivity index (χ2v) is 7.59. The third-order valence-electron chi connectivity index (χ3n) is 5.95. The van der Waals surface area contributed by atoms with Crippen molar-refractivity contribution in [3.63, 3.8) is 0 Å². The van der Waals surface area contributed by atoms with Gasteiger partial charge >= 0.3 is 6.03 Å². The van der Waals surface area contributed by atoms with Gasteiger partial charge in [-0.1, -0.05) is 32.6 Å². The van der Waals surface area contributed by atoms with Crippen LogP contribution >= 0.6 is 0 Å². The maximum atomic E-state index is 12.7. The fraction of sp³-hybridized carbons (Fsp3) is 0.833. The maximum absolute atomic E-state index is 12.7. The zero-order valence-electron chi connectivity index (χ0n) is 15.2. The zero-order valence-corrected chi connectivity index (χ0v) is 15.2. The molecule has 1 saturated carbocycles. The summed E-state index contributed by atoms with van der Waals surface area (Å²) in [6, 6.07) is 0.0495. The standard InChI is InChI=1S/C18H30N4O3/c1-2-14-8-4-7-12-21(14)13-9-15(23)20-22-16(24)18(19-17(22)25)10-5-3-6-11-18/h14H,2-13H2,1H3,(H,19,25)(H,20,23). The molecule has 7 nitrogen and oxygen atoms in total. The molecule has 0 aromatic rings. The molecule has 2 heterocycles. The van der Waals surface area contributed by atoms with E-state index in [1.54, 1.807) is 0 Å². The van der Waals surface area contributed by atoms with E-state index in [0.717, 1.165) is 37.2 Å². The molecule has 7 heteroatoms. The predicted octanol–water partition coefficient (Wildman–Crippen LogP) is 1.93. The lowest BCUT2D eigenvalue weighted by Gasteiger charge is -2.35. The average molecular weight is 350 g/mol. The molecule has 3 aliphatic rings. The second-order valence-electron chi connectivity index (χ2n) is 7.59. The van der Waals surface area contributed by atoms with Gasteiger partial charge in [-0.05, 0) is 38.6 Å². The molecule has 0 bridgehead atoms. The number of carbonyl (C=O) groups is 3. The van der Waals surface area contributed by atoms with Gasteiger partial charge in [-0.25, -0.2) is 4.79 Å². The Morgan fingerprint density at radius 1 is 1.20 bits per heavy atom. The van der Waals surface area contributed by atoms with Crippen molar-refractivity contribution in [3.05, 3.63) is 0 Å². The molecule has 4 amide bonds. The molecule has 0 radical (unpaired) electrons. The number of hydrogen-bond donors (Lipinski definition) is 2. The van der Waals surface area contributed by atoms with Crippen LogP contribution in [0, 0.1) is 0 Å². The summed E-state index contributed by atoms with van der Waals surface area (Å²) >= 11 is 0. The molecule has 0 aromatic carbocycles. The smallest absolute Gasteiger partial charge is 0.322 e. The molecule has 0 aromatic heterocycles. The Labute approximate surface area is 149 Å². The molecule has 2 saturated heterocycles. The molecule has 1 spiro atoms. The first-order valence-corrected chi connectivity index (χ1v) is 9.76. The number of nitrogens with one attached hydrogen (secondary N) is 2. The quantitative estimate of drug-likeness (QED) is 0.742. The highest BCUT2D eigenvalue weighted by Crippen LogP contribution is 2.33. The zero-order chi connectivity index (χ0) is 17.9. The number of piperidine rings is 1. The lowest BCUT2D eigenvalue weighted by molar-refractivity contribution is -0.140. The van der Waals surface area contributed by atoms with Crippen molar-refractivity contribution in [2.45, 2.75) is 82.7 Å². The number of rotatable bonds is 5.